The summed E-state index contributed by atoms with van der Waals surface area (Å²) in [7, 11) is 0. The van der Waals surface area contributed by atoms with E-state index in [2.05, 4.69) is 24.5 Å². The van der Waals surface area contributed by atoms with E-state index in [0.717, 1.165) is 18.4 Å². The van der Waals surface area contributed by atoms with Crippen molar-refractivity contribution in [2.24, 2.45) is 11.8 Å². The SMILES string of the molecule is Cc1ccc(NC(=O)COCC(=O)N[C@@H]2CCC[C@@H](C)[C@@H]2C)cc1Cl. The van der Waals surface area contributed by atoms with Crippen LogP contribution in [0.15, 0.2) is 18.2 Å². The van der Waals surface area contributed by atoms with Crippen LogP contribution in [-0.2, 0) is 14.3 Å². The summed E-state index contributed by atoms with van der Waals surface area (Å²) in [5.74, 6) is 0.601. The molecule has 0 radical (unpaired) electrons. The summed E-state index contributed by atoms with van der Waals surface area (Å²) in [6.45, 7) is 6.01. The maximum Gasteiger partial charge on any atom is 0.250 e. The van der Waals surface area contributed by atoms with Gasteiger partial charge in [0.2, 0.25) is 11.8 Å². The van der Waals surface area contributed by atoms with Crippen molar-refractivity contribution in [2.45, 2.75) is 46.1 Å². The maximum atomic E-state index is 12.0. The fraction of sp³-hybridized carbons (Fsp3) is 0.579. The summed E-state index contributed by atoms with van der Waals surface area (Å²) >= 11 is 6.02. The lowest BCUT2D eigenvalue weighted by Crippen LogP contribution is -2.45. The Hall–Kier alpha value is -1.59. The minimum Gasteiger partial charge on any atom is -0.362 e. The summed E-state index contributed by atoms with van der Waals surface area (Å²) in [5, 5.41) is 6.31. The summed E-state index contributed by atoms with van der Waals surface area (Å²) in [6.07, 6.45) is 3.36. The van der Waals surface area contributed by atoms with Gasteiger partial charge in [0.15, 0.2) is 0 Å². The third-order valence-corrected chi connectivity index (χ3v) is 5.38. The summed E-state index contributed by atoms with van der Waals surface area (Å²) in [5.41, 5.74) is 1.55. The molecule has 1 aliphatic rings. The van der Waals surface area contributed by atoms with Crippen molar-refractivity contribution in [3.63, 3.8) is 0 Å². The van der Waals surface area contributed by atoms with Gasteiger partial charge in [0.1, 0.15) is 13.2 Å². The third-order valence-electron chi connectivity index (χ3n) is 4.98. The molecule has 6 heteroatoms. The molecule has 0 aromatic heterocycles. The van der Waals surface area contributed by atoms with Gasteiger partial charge in [-0.2, -0.15) is 0 Å². The predicted molar refractivity (Wildman–Crippen MR) is 99.7 cm³/mol. The monoisotopic (exact) mass is 366 g/mol. The van der Waals surface area contributed by atoms with Crippen LogP contribution in [0.25, 0.3) is 0 Å². The number of hydrogen-bond acceptors (Lipinski definition) is 3. The number of amides is 2. The van der Waals surface area contributed by atoms with E-state index in [0.29, 0.717) is 22.5 Å². The minimum absolute atomic E-state index is 0.111. The Morgan fingerprint density at radius 2 is 1.92 bits per heavy atom. The first-order valence-corrected chi connectivity index (χ1v) is 9.17. The molecule has 0 spiro atoms. The van der Waals surface area contributed by atoms with Gasteiger partial charge in [0.05, 0.1) is 0 Å². The Kier molecular flexibility index (Phi) is 7.26. The molecule has 2 rings (SSSR count). The molecule has 1 aromatic carbocycles. The fourth-order valence-corrected chi connectivity index (χ4v) is 3.32. The highest BCUT2D eigenvalue weighted by molar-refractivity contribution is 6.31. The lowest BCUT2D eigenvalue weighted by molar-refractivity contribution is -0.129. The van der Waals surface area contributed by atoms with E-state index in [9.17, 15) is 9.59 Å². The summed E-state index contributed by atoms with van der Waals surface area (Å²) in [4.78, 5) is 23.9. The lowest BCUT2D eigenvalue weighted by atomic mass is 9.78. The Bertz CT molecular complexity index is 621. The molecular formula is C19H27ClN2O3. The van der Waals surface area contributed by atoms with Gasteiger partial charge in [0, 0.05) is 16.8 Å². The number of anilines is 1. The zero-order valence-electron chi connectivity index (χ0n) is 15.1. The zero-order chi connectivity index (χ0) is 18.4. The van der Waals surface area contributed by atoms with Crippen LogP contribution >= 0.6 is 11.6 Å². The molecule has 0 aliphatic heterocycles. The van der Waals surface area contributed by atoms with Crippen LogP contribution < -0.4 is 10.6 Å². The second kappa shape index (κ2) is 9.20. The molecule has 2 N–H and O–H groups in total. The Labute approximate surface area is 154 Å². The van der Waals surface area contributed by atoms with Gasteiger partial charge >= 0.3 is 0 Å². The number of halogens is 1. The Balaban J connectivity index is 1.69. The van der Waals surface area contributed by atoms with Crippen molar-refractivity contribution < 1.29 is 14.3 Å². The number of nitrogens with one attached hydrogen (secondary N) is 2. The molecule has 138 valence electrons. The van der Waals surface area contributed by atoms with Crippen LogP contribution in [0.5, 0.6) is 0 Å². The van der Waals surface area contributed by atoms with E-state index in [-0.39, 0.29) is 31.1 Å². The Morgan fingerprint density at radius 1 is 1.20 bits per heavy atom. The molecule has 0 unspecified atom stereocenters. The molecule has 1 aromatic rings. The number of hydrogen-bond donors (Lipinski definition) is 2. The second-order valence-corrected chi connectivity index (χ2v) is 7.35. The highest BCUT2D eigenvalue weighted by atomic mass is 35.5. The summed E-state index contributed by atoms with van der Waals surface area (Å²) < 4.78 is 5.23. The fourth-order valence-electron chi connectivity index (χ4n) is 3.14. The number of aryl methyl sites for hydroxylation is 1. The molecule has 0 heterocycles. The summed E-state index contributed by atoms with van der Waals surface area (Å²) in [6, 6.07) is 5.49. The van der Waals surface area contributed by atoms with Crippen LogP contribution in [0.1, 0.15) is 38.7 Å². The van der Waals surface area contributed by atoms with Crippen LogP contribution in [0.4, 0.5) is 5.69 Å². The highest BCUT2D eigenvalue weighted by Crippen LogP contribution is 2.29. The van der Waals surface area contributed by atoms with Crippen LogP contribution in [-0.4, -0.2) is 31.1 Å². The predicted octanol–water partition coefficient (Wildman–Crippen LogP) is 3.54. The first-order valence-electron chi connectivity index (χ1n) is 8.80. The van der Waals surface area contributed by atoms with Crippen molar-refractivity contribution in [1.82, 2.24) is 5.32 Å². The molecule has 5 nitrogen and oxygen atoms in total. The topological polar surface area (TPSA) is 67.4 Å². The van der Waals surface area contributed by atoms with E-state index in [1.807, 2.05) is 13.0 Å². The average Bonchev–Trinajstić information content (AvgIpc) is 2.55. The van der Waals surface area contributed by atoms with Crippen LogP contribution in [0.2, 0.25) is 5.02 Å². The molecule has 0 bridgehead atoms. The number of benzene rings is 1. The number of carbonyl (C=O) groups is 2. The average molecular weight is 367 g/mol. The highest BCUT2D eigenvalue weighted by Gasteiger charge is 2.28. The lowest BCUT2D eigenvalue weighted by Gasteiger charge is -2.34. The second-order valence-electron chi connectivity index (χ2n) is 6.95. The van der Waals surface area contributed by atoms with Crippen molar-refractivity contribution in [3.8, 4) is 0 Å². The van der Waals surface area contributed by atoms with Crippen LogP contribution in [0, 0.1) is 18.8 Å². The van der Waals surface area contributed by atoms with Gasteiger partial charge in [0.25, 0.3) is 0 Å². The smallest absolute Gasteiger partial charge is 0.250 e. The van der Waals surface area contributed by atoms with Gasteiger partial charge in [-0.1, -0.05) is 44.4 Å². The number of ether oxygens (including phenoxy) is 1. The maximum absolute atomic E-state index is 12.0. The van der Waals surface area contributed by atoms with E-state index >= 15 is 0 Å². The van der Waals surface area contributed by atoms with Crippen molar-refractivity contribution >= 4 is 29.1 Å². The number of carbonyl (C=O) groups excluding carboxylic acids is 2. The van der Waals surface area contributed by atoms with Gasteiger partial charge in [-0.25, -0.2) is 0 Å². The molecule has 1 fully saturated rings. The van der Waals surface area contributed by atoms with Crippen molar-refractivity contribution in [3.05, 3.63) is 28.8 Å². The Morgan fingerprint density at radius 3 is 2.64 bits per heavy atom. The molecule has 1 saturated carbocycles. The standard InChI is InChI=1S/C19H27ClN2O3/c1-12-5-4-6-17(14(12)3)22-19(24)11-25-10-18(23)21-15-8-7-13(2)16(20)9-15/h7-9,12,14,17H,4-6,10-11H2,1-3H3,(H,21,23)(H,22,24)/t12-,14+,17-/m1/s1. The van der Waals surface area contributed by atoms with E-state index in [4.69, 9.17) is 16.3 Å². The molecule has 25 heavy (non-hydrogen) atoms. The first-order chi connectivity index (χ1) is 11.9. The first kappa shape index (κ1) is 19.7. The molecule has 2 amide bonds. The van der Waals surface area contributed by atoms with Gasteiger partial charge in [-0.15, -0.1) is 0 Å². The molecular weight excluding hydrogens is 340 g/mol. The van der Waals surface area contributed by atoms with Gasteiger partial charge < -0.3 is 15.4 Å². The number of rotatable bonds is 6. The molecule has 1 aliphatic carbocycles. The normalized spacial score (nSPS) is 23.1. The quantitative estimate of drug-likeness (QED) is 0.809. The van der Waals surface area contributed by atoms with E-state index < -0.39 is 0 Å². The van der Waals surface area contributed by atoms with E-state index in [1.165, 1.54) is 6.42 Å². The largest absolute Gasteiger partial charge is 0.362 e. The van der Waals surface area contributed by atoms with Gasteiger partial charge in [-0.3, -0.25) is 9.59 Å². The van der Waals surface area contributed by atoms with Gasteiger partial charge in [-0.05, 0) is 42.9 Å². The third kappa shape index (κ3) is 6.01. The minimum atomic E-state index is -0.313. The molecule has 3 atom stereocenters. The van der Waals surface area contributed by atoms with Crippen LogP contribution in [0.3, 0.4) is 0 Å². The van der Waals surface area contributed by atoms with Crippen molar-refractivity contribution in [1.29, 1.82) is 0 Å². The zero-order valence-corrected chi connectivity index (χ0v) is 15.9. The molecule has 0 saturated heterocycles. The van der Waals surface area contributed by atoms with Crippen molar-refractivity contribution in [2.75, 3.05) is 18.5 Å². The van der Waals surface area contributed by atoms with E-state index in [1.54, 1.807) is 12.1 Å².